The summed E-state index contributed by atoms with van der Waals surface area (Å²) < 4.78 is 12.9. The minimum absolute atomic E-state index is 0.0181. The first-order valence-corrected chi connectivity index (χ1v) is 6.12. The molecule has 1 heterocycles. The Morgan fingerprint density at radius 1 is 1.24 bits per heavy atom. The number of nitrogens with zero attached hydrogens (tertiary/aromatic N) is 1. The zero-order chi connectivity index (χ0) is 12.1. The Bertz CT molecular complexity index is 334. The fourth-order valence-corrected chi connectivity index (χ4v) is 2.29. The average molecular weight is 238 g/mol. The number of hydrogen-bond donors (Lipinski definition) is 2. The highest BCUT2D eigenvalue weighted by Crippen LogP contribution is 2.21. The molecule has 0 radical (unpaired) electrons. The predicted octanol–water partition coefficient (Wildman–Crippen LogP) is 1.15. The maximum absolute atomic E-state index is 12.9. The maximum Gasteiger partial charge on any atom is 0.123 e. The van der Waals surface area contributed by atoms with Crippen LogP contribution in [0.1, 0.15) is 18.0 Å². The summed E-state index contributed by atoms with van der Waals surface area (Å²) in [6, 6.07) is 6.40. The van der Waals surface area contributed by atoms with E-state index in [9.17, 15) is 9.50 Å². The van der Waals surface area contributed by atoms with Gasteiger partial charge in [-0.15, -0.1) is 0 Å². The minimum atomic E-state index is -0.233. The standard InChI is InChI=1S/C13H19FN2O/c14-12-4-2-11(3-5-12)13(10-17)16-8-1-6-15-7-9-16/h2-5,13,15,17H,1,6-10H2. The highest BCUT2D eigenvalue weighted by atomic mass is 19.1. The molecule has 0 spiro atoms. The molecule has 1 aromatic rings. The van der Waals surface area contributed by atoms with Gasteiger partial charge in [-0.25, -0.2) is 4.39 Å². The van der Waals surface area contributed by atoms with Crippen LogP contribution in [-0.2, 0) is 0 Å². The van der Waals surface area contributed by atoms with Crippen molar-refractivity contribution in [3.8, 4) is 0 Å². The van der Waals surface area contributed by atoms with Crippen LogP contribution >= 0.6 is 0 Å². The van der Waals surface area contributed by atoms with E-state index >= 15 is 0 Å². The molecule has 1 saturated heterocycles. The van der Waals surface area contributed by atoms with E-state index in [0.717, 1.165) is 38.2 Å². The molecule has 1 aliphatic heterocycles. The molecule has 0 amide bonds. The fourth-order valence-electron chi connectivity index (χ4n) is 2.29. The molecule has 0 aromatic heterocycles. The molecule has 0 aliphatic carbocycles. The van der Waals surface area contributed by atoms with E-state index in [-0.39, 0.29) is 18.5 Å². The van der Waals surface area contributed by atoms with E-state index in [1.807, 2.05) is 0 Å². The van der Waals surface area contributed by atoms with Gasteiger partial charge < -0.3 is 10.4 Å². The highest BCUT2D eigenvalue weighted by molar-refractivity contribution is 5.20. The number of nitrogens with one attached hydrogen (secondary N) is 1. The Hall–Kier alpha value is -0.970. The Morgan fingerprint density at radius 2 is 2.00 bits per heavy atom. The van der Waals surface area contributed by atoms with Crippen LogP contribution in [0.2, 0.25) is 0 Å². The van der Waals surface area contributed by atoms with Gasteiger partial charge in [0.05, 0.1) is 12.6 Å². The summed E-state index contributed by atoms with van der Waals surface area (Å²) >= 11 is 0. The first-order chi connectivity index (χ1) is 8.31. The van der Waals surface area contributed by atoms with Crippen molar-refractivity contribution in [3.63, 3.8) is 0 Å². The lowest BCUT2D eigenvalue weighted by Gasteiger charge is -2.29. The second kappa shape index (κ2) is 6.10. The van der Waals surface area contributed by atoms with Gasteiger partial charge in [-0.05, 0) is 30.7 Å². The van der Waals surface area contributed by atoms with E-state index in [4.69, 9.17) is 0 Å². The lowest BCUT2D eigenvalue weighted by molar-refractivity contribution is 0.130. The Labute approximate surface area is 101 Å². The van der Waals surface area contributed by atoms with Gasteiger partial charge >= 0.3 is 0 Å². The van der Waals surface area contributed by atoms with Gasteiger partial charge in [-0.3, -0.25) is 4.90 Å². The minimum Gasteiger partial charge on any atom is -0.394 e. The molecule has 0 saturated carbocycles. The molecule has 1 fully saturated rings. The summed E-state index contributed by atoms with van der Waals surface area (Å²) in [5.41, 5.74) is 0.982. The van der Waals surface area contributed by atoms with E-state index in [1.54, 1.807) is 12.1 Å². The molecule has 1 aromatic carbocycles. The van der Waals surface area contributed by atoms with Crippen LogP contribution in [0, 0.1) is 5.82 Å². The van der Waals surface area contributed by atoms with E-state index in [1.165, 1.54) is 12.1 Å². The number of rotatable bonds is 3. The van der Waals surface area contributed by atoms with Crippen molar-refractivity contribution in [1.29, 1.82) is 0 Å². The Balaban J connectivity index is 2.11. The van der Waals surface area contributed by atoms with Gasteiger partial charge in [0.15, 0.2) is 0 Å². The molecular weight excluding hydrogens is 219 g/mol. The molecule has 94 valence electrons. The molecular formula is C13H19FN2O. The molecule has 1 aliphatic rings. The van der Waals surface area contributed by atoms with Gasteiger partial charge in [0, 0.05) is 19.6 Å². The van der Waals surface area contributed by atoms with Gasteiger partial charge in [0.1, 0.15) is 5.82 Å². The molecule has 4 heteroatoms. The fraction of sp³-hybridized carbons (Fsp3) is 0.538. The molecule has 2 N–H and O–H groups in total. The van der Waals surface area contributed by atoms with Crippen molar-refractivity contribution in [2.24, 2.45) is 0 Å². The molecule has 17 heavy (non-hydrogen) atoms. The largest absolute Gasteiger partial charge is 0.394 e. The van der Waals surface area contributed by atoms with Crippen molar-refractivity contribution in [1.82, 2.24) is 10.2 Å². The molecule has 1 unspecified atom stereocenters. The third-order valence-electron chi connectivity index (χ3n) is 3.24. The molecule has 3 nitrogen and oxygen atoms in total. The lowest BCUT2D eigenvalue weighted by atomic mass is 10.1. The monoisotopic (exact) mass is 238 g/mol. The summed E-state index contributed by atoms with van der Waals surface area (Å²) in [5, 5.41) is 12.9. The Kier molecular flexibility index (Phi) is 4.48. The van der Waals surface area contributed by atoms with Crippen molar-refractivity contribution in [2.45, 2.75) is 12.5 Å². The van der Waals surface area contributed by atoms with Crippen molar-refractivity contribution < 1.29 is 9.50 Å². The molecule has 1 atom stereocenters. The summed E-state index contributed by atoms with van der Waals surface area (Å²) in [6.45, 7) is 3.93. The van der Waals surface area contributed by atoms with Gasteiger partial charge in [0.25, 0.3) is 0 Å². The van der Waals surface area contributed by atoms with E-state index in [2.05, 4.69) is 10.2 Å². The summed E-state index contributed by atoms with van der Waals surface area (Å²) in [5.74, 6) is -0.233. The first-order valence-electron chi connectivity index (χ1n) is 6.12. The second-order valence-electron chi connectivity index (χ2n) is 4.39. The lowest BCUT2D eigenvalue weighted by Crippen LogP contribution is -2.34. The van der Waals surface area contributed by atoms with Crippen LogP contribution in [0.25, 0.3) is 0 Å². The smallest absolute Gasteiger partial charge is 0.123 e. The third-order valence-corrected chi connectivity index (χ3v) is 3.24. The second-order valence-corrected chi connectivity index (χ2v) is 4.39. The topological polar surface area (TPSA) is 35.5 Å². The number of benzene rings is 1. The molecule has 2 rings (SSSR count). The number of halogens is 1. The quantitative estimate of drug-likeness (QED) is 0.829. The zero-order valence-corrected chi connectivity index (χ0v) is 9.90. The average Bonchev–Trinajstić information content (AvgIpc) is 2.62. The van der Waals surface area contributed by atoms with Crippen molar-refractivity contribution in [2.75, 3.05) is 32.8 Å². The maximum atomic E-state index is 12.9. The highest BCUT2D eigenvalue weighted by Gasteiger charge is 2.20. The van der Waals surface area contributed by atoms with Crippen LogP contribution in [0.5, 0.6) is 0 Å². The van der Waals surface area contributed by atoms with E-state index in [0.29, 0.717) is 0 Å². The SMILES string of the molecule is OCC(c1ccc(F)cc1)N1CCCNCC1. The van der Waals surface area contributed by atoms with Crippen LogP contribution in [0.3, 0.4) is 0 Å². The first kappa shape index (κ1) is 12.5. The van der Waals surface area contributed by atoms with Crippen molar-refractivity contribution in [3.05, 3.63) is 35.6 Å². The van der Waals surface area contributed by atoms with Crippen LogP contribution in [-0.4, -0.2) is 42.8 Å². The predicted molar refractivity (Wildman–Crippen MR) is 65.3 cm³/mol. The number of aliphatic hydroxyl groups is 1. The number of aliphatic hydroxyl groups excluding tert-OH is 1. The Morgan fingerprint density at radius 3 is 2.71 bits per heavy atom. The normalized spacial score (nSPS) is 19.9. The van der Waals surface area contributed by atoms with E-state index < -0.39 is 0 Å². The summed E-state index contributed by atoms with van der Waals surface area (Å²) in [4.78, 5) is 2.26. The van der Waals surface area contributed by atoms with Gasteiger partial charge in [-0.1, -0.05) is 12.1 Å². The zero-order valence-electron chi connectivity index (χ0n) is 9.90. The van der Waals surface area contributed by atoms with Crippen LogP contribution in [0.15, 0.2) is 24.3 Å². The van der Waals surface area contributed by atoms with Gasteiger partial charge in [-0.2, -0.15) is 0 Å². The number of hydrogen-bond acceptors (Lipinski definition) is 3. The van der Waals surface area contributed by atoms with Gasteiger partial charge in [0.2, 0.25) is 0 Å². The van der Waals surface area contributed by atoms with Crippen molar-refractivity contribution >= 4 is 0 Å². The van der Waals surface area contributed by atoms with Crippen LogP contribution < -0.4 is 5.32 Å². The molecule has 0 bridgehead atoms. The summed E-state index contributed by atoms with van der Waals surface area (Å²) in [7, 11) is 0. The summed E-state index contributed by atoms with van der Waals surface area (Å²) in [6.07, 6.45) is 1.08. The van der Waals surface area contributed by atoms with Crippen LogP contribution in [0.4, 0.5) is 4.39 Å². The third kappa shape index (κ3) is 3.25.